The van der Waals surface area contributed by atoms with E-state index in [1.807, 2.05) is 6.07 Å². The van der Waals surface area contributed by atoms with Gasteiger partial charge in [-0.3, -0.25) is 14.5 Å². The van der Waals surface area contributed by atoms with E-state index in [1.165, 1.54) is 11.3 Å². The van der Waals surface area contributed by atoms with Crippen LogP contribution in [0.25, 0.3) is 0 Å². The molecule has 92 valence electrons. The summed E-state index contributed by atoms with van der Waals surface area (Å²) >= 11 is 0. The Balaban J connectivity index is 2.04. The summed E-state index contributed by atoms with van der Waals surface area (Å²) < 4.78 is 0. The molecule has 4 heteroatoms. The van der Waals surface area contributed by atoms with E-state index < -0.39 is 0 Å². The lowest BCUT2D eigenvalue weighted by Crippen LogP contribution is -2.48. The van der Waals surface area contributed by atoms with Crippen LogP contribution in [0.4, 0.5) is 0 Å². The fourth-order valence-electron chi connectivity index (χ4n) is 3.10. The number of piperidine rings is 1. The molecular weight excluding hydrogens is 216 g/mol. The lowest BCUT2D eigenvalue weighted by molar-refractivity contribution is -0.154. The summed E-state index contributed by atoms with van der Waals surface area (Å²) in [6.45, 7) is 0.268. The molecule has 2 fully saturated rings. The van der Waals surface area contributed by atoms with Crippen LogP contribution in [0.3, 0.4) is 0 Å². The largest absolute Gasteiger partial charge is 0.282 e. The predicted molar refractivity (Wildman–Crippen MR) is 61.7 cm³/mol. The molecule has 1 spiro atoms. The van der Waals surface area contributed by atoms with E-state index in [-0.39, 0.29) is 30.2 Å². The maximum Gasteiger partial charge on any atom is 0.229 e. The second-order valence-electron chi connectivity index (χ2n) is 5.26. The minimum absolute atomic E-state index is 0.0461. The molecule has 2 amide bonds. The Bertz CT molecular complexity index is 344. The first kappa shape index (κ1) is 12.1. The number of rotatable bonds is 2. The van der Waals surface area contributed by atoms with E-state index in [2.05, 4.69) is 0 Å². The highest BCUT2D eigenvalue weighted by molar-refractivity contribution is 5.98. The van der Waals surface area contributed by atoms with Gasteiger partial charge >= 0.3 is 0 Å². The first-order chi connectivity index (χ1) is 8.17. The monoisotopic (exact) mass is 234 g/mol. The van der Waals surface area contributed by atoms with Crippen LogP contribution < -0.4 is 0 Å². The number of likely N-dealkylation sites (tertiary alicyclic amines) is 1. The Hall–Kier alpha value is -1.37. The Kier molecular flexibility index (Phi) is 3.46. The number of hydrogen-bond donors (Lipinski definition) is 0. The quantitative estimate of drug-likeness (QED) is 0.686. The zero-order valence-electron chi connectivity index (χ0n) is 10.1. The number of nitriles is 1. The molecular formula is C13H18N2O2. The molecule has 0 bridgehead atoms. The molecule has 1 aliphatic carbocycles. The van der Waals surface area contributed by atoms with Gasteiger partial charge in [-0.25, -0.2) is 0 Å². The molecule has 1 saturated heterocycles. The van der Waals surface area contributed by atoms with Gasteiger partial charge in [0.25, 0.3) is 0 Å². The van der Waals surface area contributed by atoms with E-state index >= 15 is 0 Å². The van der Waals surface area contributed by atoms with Crippen LogP contribution in [-0.2, 0) is 9.59 Å². The molecule has 0 unspecified atom stereocenters. The van der Waals surface area contributed by atoms with Gasteiger partial charge in [-0.15, -0.1) is 0 Å². The number of imide groups is 1. The minimum Gasteiger partial charge on any atom is -0.282 e. The molecule has 17 heavy (non-hydrogen) atoms. The smallest absolute Gasteiger partial charge is 0.229 e. The maximum absolute atomic E-state index is 12.0. The Labute approximate surface area is 102 Å². The van der Waals surface area contributed by atoms with Crippen molar-refractivity contribution in [3.05, 3.63) is 0 Å². The van der Waals surface area contributed by atoms with Crippen molar-refractivity contribution >= 4 is 11.8 Å². The highest BCUT2D eigenvalue weighted by Crippen LogP contribution is 2.45. The van der Waals surface area contributed by atoms with Gasteiger partial charge < -0.3 is 0 Å². The Morgan fingerprint density at radius 1 is 1.12 bits per heavy atom. The van der Waals surface area contributed by atoms with Gasteiger partial charge in [0.05, 0.1) is 12.5 Å². The van der Waals surface area contributed by atoms with E-state index in [1.54, 1.807) is 0 Å². The van der Waals surface area contributed by atoms with Crippen LogP contribution >= 0.6 is 0 Å². The second-order valence-corrected chi connectivity index (χ2v) is 5.26. The van der Waals surface area contributed by atoms with Crippen LogP contribution in [0, 0.1) is 16.7 Å². The summed E-state index contributed by atoms with van der Waals surface area (Å²) in [7, 11) is 0. The zero-order valence-corrected chi connectivity index (χ0v) is 10.1. The highest BCUT2D eigenvalue weighted by atomic mass is 16.2. The van der Waals surface area contributed by atoms with Crippen LogP contribution in [0.1, 0.15) is 51.4 Å². The lowest BCUT2D eigenvalue weighted by Gasteiger charge is -2.42. The summed E-state index contributed by atoms with van der Waals surface area (Å²) in [5, 5.41) is 8.51. The van der Waals surface area contributed by atoms with Crippen LogP contribution in [0.2, 0.25) is 0 Å². The van der Waals surface area contributed by atoms with Gasteiger partial charge in [-0.05, 0) is 18.3 Å². The minimum atomic E-state index is -0.0709. The van der Waals surface area contributed by atoms with Crippen molar-refractivity contribution in [1.29, 1.82) is 5.26 Å². The SMILES string of the molecule is N#CCCN1C(=O)CC2(CCCCC2)CC1=O. The third-order valence-electron chi connectivity index (χ3n) is 4.02. The Morgan fingerprint density at radius 3 is 2.24 bits per heavy atom. The van der Waals surface area contributed by atoms with Crippen LogP contribution in [0.15, 0.2) is 0 Å². The molecule has 1 heterocycles. The van der Waals surface area contributed by atoms with Crippen molar-refractivity contribution in [2.45, 2.75) is 51.4 Å². The van der Waals surface area contributed by atoms with Crippen LogP contribution in [-0.4, -0.2) is 23.3 Å². The fraction of sp³-hybridized carbons (Fsp3) is 0.769. The molecule has 0 aromatic heterocycles. The normalized spacial score (nSPS) is 23.8. The molecule has 0 aromatic rings. The maximum atomic E-state index is 12.0. The highest BCUT2D eigenvalue weighted by Gasteiger charge is 2.43. The lowest BCUT2D eigenvalue weighted by atomic mass is 9.67. The molecule has 1 aliphatic heterocycles. The van der Waals surface area contributed by atoms with Crippen molar-refractivity contribution in [3.8, 4) is 6.07 Å². The van der Waals surface area contributed by atoms with Crippen molar-refractivity contribution in [3.63, 3.8) is 0 Å². The van der Waals surface area contributed by atoms with Crippen molar-refractivity contribution in [2.75, 3.05) is 6.54 Å². The molecule has 0 N–H and O–H groups in total. The number of carbonyl (C=O) groups is 2. The van der Waals surface area contributed by atoms with Gasteiger partial charge in [0.1, 0.15) is 0 Å². The van der Waals surface area contributed by atoms with Crippen molar-refractivity contribution < 1.29 is 9.59 Å². The number of amides is 2. The molecule has 0 aromatic carbocycles. The number of hydrogen-bond acceptors (Lipinski definition) is 3. The van der Waals surface area contributed by atoms with E-state index in [4.69, 9.17) is 5.26 Å². The van der Waals surface area contributed by atoms with E-state index in [0.29, 0.717) is 12.8 Å². The Morgan fingerprint density at radius 2 is 1.71 bits per heavy atom. The summed E-state index contributed by atoms with van der Waals surface area (Å²) in [4.78, 5) is 25.2. The third-order valence-corrected chi connectivity index (χ3v) is 4.02. The number of carbonyl (C=O) groups excluding carboxylic acids is 2. The standard InChI is InChI=1S/C13H18N2O2/c14-7-4-8-15-11(16)9-13(10-12(15)17)5-2-1-3-6-13/h1-6,8-10H2. The van der Waals surface area contributed by atoms with Gasteiger partial charge in [-0.1, -0.05) is 19.3 Å². The first-order valence-corrected chi connectivity index (χ1v) is 6.37. The molecule has 0 radical (unpaired) electrons. The van der Waals surface area contributed by atoms with Gasteiger partial charge in [0, 0.05) is 19.4 Å². The fourth-order valence-corrected chi connectivity index (χ4v) is 3.10. The summed E-state index contributed by atoms with van der Waals surface area (Å²) in [5.41, 5.74) is -0.0461. The van der Waals surface area contributed by atoms with Gasteiger partial charge in [0.2, 0.25) is 11.8 Å². The topological polar surface area (TPSA) is 61.2 Å². The van der Waals surface area contributed by atoms with Gasteiger partial charge in [0.15, 0.2) is 0 Å². The van der Waals surface area contributed by atoms with E-state index in [0.717, 1.165) is 25.7 Å². The molecule has 0 atom stereocenters. The summed E-state index contributed by atoms with van der Waals surface area (Å²) in [6.07, 6.45) is 6.77. The average molecular weight is 234 g/mol. The average Bonchev–Trinajstić information content (AvgIpc) is 2.29. The molecule has 4 nitrogen and oxygen atoms in total. The molecule has 2 aliphatic rings. The van der Waals surface area contributed by atoms with Crippen molar-refractivity contribution in [2.24, 2.45) is 5.41 Å². The van der Waals surface area contributed by atoms with E-state index in [9.17, 15) is 9.59 Å². The molecule has 2 rings (SSSR count). The predicted octanol–water partition coefficient (Wildman–Crippen LogP) is 2.00. The molecule has 1 saturated carbocycles. The third kappa shape index (κ3) is 2.49. The number of nitrogens with zero attached hydrogens (tertiary/aromatic N) is 2. The van der Waals surface area contributed by atoms with Crippen LogP contribution in [0.5, 0.6) is 0 Å². The summed E-state index contributed by atoms with van der Waals surface area (Å²) in [6, 6.07) is 1.98. The van der Waals surface area contributed by atoms with Crippen molar-refractivity contribution in [1.82, 2.24) is 4.90 Å². The van der Waals surface area contributed by atoms with Gasteiger partial charge in [-0.2, -0.15) is 5.26 Å². The first-order valence-electron chi connectivity index (χ1n) is 6.37. The zero-order chi connectivity index (χ0) is 12.3. The summed E-state index contributed by atoms with van der Waals surface area (Å²) in [5.74, 6) is -0.142. The second kappa shape index (κ2) is 4.87.